The minimum Gasteiger partial charge on any atom is -0.380 e. The second-order valence-corrected chi connectivity index (χ2v) is 1.25. The van der Waals surface area contributed by atoms with Crippen molar-refractivity contribution in [1.29, 1.82) is 0 Å². The van der Waals surface area contributed by atoms with Crippen LogP contribution >= 0.6 is 0 Å². The quantitative estimate of drug-likeness (QED) is 0.478. The van der Waals surface area contributed by atoms with Crippen molar-refractivity contribution in [2.75, 3.05) is 13.7 Å². The molecule has 37 valence electrons. The molecule has 0 rings (SSSR count). The maximum atomic E-state index is 6.68. The Hall–Kier alpha value is -0.0800. The lowest BCUT2D eigenvalue weighted by molar-refractivity contribution is 0.124. The van der Waals surface area contributed by atoms with Gasteiger partial charge in [0.25, 0.3) is 0 Å². The summed E-state index contributed by atoms with van der Waals surface area (Å²) in [6.07, 6.45) is 0.102. The highest BCUT2D eigenvalue weighted by atomic mass is 16.5. The molecule has 0 amide bonds. The summed E-state index contributed by atoms with van der Waals surface area (Å²) >= 11 is 0. The van der Waals surface area contributed by atoms with Crippen LogP contribution in [0.5, 0.6) is 0 Å². The first-order valence-corrected chi connectivity index (χ1v) is 1.98. The molecular formula is C4H10NO. The van der Waals surface area contributed by atoms with Gasteiger partial charge in [0.05, 0.1) is 6.10 Å². The van der Waals surface area contributed by atoms with Crippen LogP contribution < -0.4 is 5.73 Å². The second kappa shape index (κ2) is 3.12. The van der Waals surface area contributed by atoms with Gasteiger partial charge in [0.2, 0.25) is 0 Å². The van der Waals surface area contributed by atoms with Gasteiger partial charge < -0.3 is 4.74 Å². The minimum absolute atomic E-state index is 0.102. The number of ether oxygens (including phenoxy) is 1. The summed E-state index contributed by atoms with van der Waals surface area (Å²) < 4.78 is 4.71. The summed E-state index contributed by atoms with van der Waals surface area (Å²) in [5.41, 5.74) is 6.68. The molecule has 0 aromatic carbocycles. The van der Waals surface area contributed by atoms with Gasteiger partial charge in [0.15, 0.2) is 0 Å². The van der Waals surface area contributed by atoms with Crippen LogP contribution in [0.15, 0.2) is 0 Å². The number of hydrogen-bond donors (Lipinski definition) is 0. The molecule has 1 N–H and O–H groups in total. The van der Waals surface area contributed by atoms with Crippen LogP contribution in [0, 0.1) is 0 Å². The van der Waals surface area contributed by atoms with Crippen LogP contribution in [0.1, 0.15) is 6.92 Å². The lowest BCUT2D eigenvalue weighted by Crippen LogP contribution is -2.10. The fourth-order valence-electron chi connectivity index (χ4n) is 0.0833. The zero-order valence-electron chi connectivity index (χ0n) is 4.19. The van der Waals surface area contributed by atoms with Crippen LogP contribution in [0.25, 0.3) is 0 Å². The van der Waals surface area contributed by atoms with Crippen LogP contribution in [0.4, 0.5) is 0 Å². The number of methoxy groups -OCH3 is 1. The monoisotopic (exact) mass is 88.1 g/mol. The third-order valence-electron chi connectivity index (χ3n) is 0.690. The topological polar surface area (TPSA) is 33.0 Å². The van der Waals surface area contributed by atoms with Crippen molar-refractivity contribution >= 4 is 0 Å². The molecule has 6 heavy (non-hydrogen) atoms. The van der Waals surface area contributed by atoms with Crippen molar-refractivity contribution in [2.24, 2.45) is 0 Å². The van der Waals surface area contributed by atoms with E-state index in [2.05, 4.69) is 0 Å². The van der Waals surface area contributed by atoms with Crippen molar-refractivity contribution in [3.05, 3.63) is 0 Å². The van der Waals surface area contributed by atoms with Gasteiger partial charge in [-0.25, -0.2) is 0 Å². The second-order valence-electron chi connectivity index (χ2n) is 1.25. The zero-order valence-corrected chi connectivity index (χ0v) is 4.19. The molecular weight excluding hydrogens is 78.0 g/mol. The molecule has 0 aromatic rings. The summed E-state index contributed by atoms with van der Waals surface area (Å²) in [6, 6.07) is 0. The zero-order chi connectivity index (χ0) is 4.99. The highest BCUT2D eigenvalue weighted by Crippen LogP contribution is 1.79. The predicted molar refractivity (Wildman–Crippen MR) is 24.4 cm³/mol. The molecule has 0 aliphatic carbocycles. The largest absolute Gasteiger partial charge is 0.380 e. The van der Waals surface area contributed by atoms with Crippen molar-refractivity contribution in [3.63, 3.8) is 0 Å². The fraction of sp³-hybridized carbons (Fsp3) is 1.00. The van der Waals surface area contributed by atoms with Gasteiger partial charge in [-0.15, -0.1) is 0 Å². The molecule has 0 aromatic heterocycles. The molecule has 0 bridgehead atoms. The average molecular weight is 88.1 g/mol. The number of rotatable bonds is 2. The Balaban J connectivity index is 2.75. The summed E-state index contributed by atoms with van der Waals surface area (Å²) in [7, 11) is 1.61. The van der Waals surface area contributed by atoms with Crippen LogP contribution in [0.2, 0.25) is 0 Å². The molecule has 0 saturated heterocycles. The molecule has 0 heterocycles. The van der Waals surface area contributed by atoms with Gasteiger partial charge in [-0.05, 0) is 6.92 Å². The van der Waals surface area contributed by atoms with Crippen LogP contribution in [-0.4, -0.2) is 19.8 Å². The molecule has 0 aliphatic heterocycles. The number of hydrogen-bond acceptors (Lipinski definition) is 1. The summed E-state index contributed by atoms with van der Waals surface area (Å²) in [4.78, 5) is 0. The Morgan fingerprint density at radius 1 is 1.83 bits per heavy atom. The predicted octanol–water partition coefficient (Wildman–Crippen LogP) is 0.304. The van der Waals surface area contributed by atoms with E-state index in [1.165, 1.54) is 0 Å². The molecule has 2 nitrogen and oxygen atoms in total. The van der Waals surface area contributed by atoms with Gasteiger partial charge in [0, 0.05) is 13.7 Å². The first kappa shape index (κ1) is 5.92. The van der Waals surface area contributed by atoms with Gasteiger partial charge in [0.1, 0.15) is 0 Å². The van der Waals surface area contributed by atoms with Gasteiger partial charge in [-0.1, -0.05) is 0 Å². The average Bonchev–Trinajstić information content (AvgIpc) is 1.65. The van der Waals surface area contributed by atoms with E-state index in [9.17, 15) is 0 Å². The van der Waals surface area contributed by atoms with E-state index in [0.717, 1.165) is 0 Å². The SMILES string of the molecule is COC(C)C[NH]. The summed E-state index contributed by atoms with van der Waals surface area (Å²) in [5.74, 6) is 0. The Morgan fingerprint density at radius 2 is 2.33 bits per heavy atom. The first-order valence-electron chi connectivity index (χ1n) is 1.98. The third kappa shape index (κ3) is 2.18. The standard InChI is InChI=1S/C4H10NO/c1-4(3-5)6-2/h4-5H,3H2,1-2H3. The smallest absolute Gasteiger partial charge is 0.0681 e. The number of nitrogens with one attached hydrogen (secondary N) is 1. The van der Waals surface area contributed by atoms with Gasteiger partial charge >= 0.3 is 0 Å². The molecule has 0 saturated carbocycles. The first-order chi connectivity index (χ1) is 2.81. The van der Waals surface area contributed by atoms with Crippen LogP contribution in [-0.2, 0) is 4.74 Å². The molecule has 1 radical (unpaired) electrons. The van der Waals surface area contributed by atoms with E-state index in [4.69, 9.17) is 10.5 Å². The van der Waals surface area contributed by atoms with Gasteiger partial charge in [-0.3, -0.25) is 5.73 Å². The fourth-order valence-corrected chi connectivity index (χ4v) is 0.0833. The van der Waals surface area contributed by atoms with E-state index in [1.807, 2.05) is 6.92 Å². The van der Waals surface area contributed by atoms with E-state index >= 15 is 0 Å². The highest BCUT2D eigenvalue weighted by Gasteiger charge is 1.89. The van der Waals surface area contributed by atoms with Crippen molar-refractivity contribution in [3.8, 4) is 0 Å². The van der Waals surface area contributed by atoms with Crippen LogP contribution in [0.3, 0.4) is 0 Å². The maximum absolute atomic E-state index is 6.68. The van der Waals surface area contributed by atoms with E-state index in [-0.39, 0.29) is 6.10 Å². The van der Waals surface area contributed by atoms with E-state index in [0.29, 0.717) is 6.54 Å². The molecule has 2 heteroatoms. The Labute approximate surface area is 38.3 Å². The lowest BCUT2D eigenvalue weighted by Gasteiger charge is -2.00. The summed E-state index contributed by atoms with van der Waals surface area (Å²) in [6.45, 7) is 2.23. The Bertz CT molecular complexity index is 26.7. The molecule has 0 spiro atoms. The molecule has 0 aliphatic rings. The summed E-state index contributed by atoms with van der Waals surface area (Å²) in [5, 5.41) is 0. The minimum atomic E-state index is 0.102. The lowest BCUT2D eigenvalue weighted by atomic mass is 10.4. The normalized spacial score (nSPS) is 14.5. The Kier molecular flexibility index (Phi) is 3.08. The molecule has 1 atom stereocenters. The van der Waals surface area contributed by atoms with Crippen molar-refractivity contribution in [2.45, 2.75) is 13.0 Å². The maximum Gasteiger partial charge on any atom is 0.0681 e. The van der Waals surface area contributed by atoms with E-state index < -0.39 is 0 Å². The molecule has 0 fully saturated rings. The van der Waals surface area contributed by atoms with Crippen molar-refractivity contribution < 1.29 is 4.74 Å². The van der Waals surface area contributed by atoms with Gasteiger partial charge in [-0.2, -0.15) is 0 Å². The highest BCUT2D eigenvalue weighted by molar-refractivity contribution is 4.43. The molecule has 1 unspecified atom stereocenters. The Morgan fingerprint density at radius 3 is 2.33 bits per heavy atom. The van der Waals surface area contributed by atoms with Crippen molar-refractivity contribution in [1.82, 2.24) is 5.73 Å². The van der Waals surface area contributed by atoms with E-state index in [1.54, 1.807) is 7.11 Å². The third-order valence-corrected chi connectivity index (χ3v) is 0.690.